The summed E-state index contributed by atoms with van der Waals surface area (Å²) in [6, 6.07) is 0. The van der Waals surface area contributed by atoms with Gasteiger partial charge in [0.25, 0.3) is 0 Å². The first-order chi connectivity index (χ1) is 35.2. The van der Waals surface area contributed by atoms with Crippen LogP contribution in [-0.2, 0) is 42.2 Å². The second-order valence-corrected chi connectivity index (χ2v) is 19.1. The molecular formula is C60H97O11P. The summed E-state index contributed by atoms with van der Waals surface area (Å²) in [7, 11) is -4.77. The predicted molar refractivity (Wildman–Crippen MR) is 297 cm³/mol. The van der Waals surface area contributed by atoms with Gasteiger partial charge in [-0.2, -0.15) is 0 Å². The van der Waals surface area contributed by atoms with E-state index >= 15 is 0 Å². The van der Waals surface area contributed by atoms with Crippen molar-refractivity contribution < 1.29 is 52.2 Å². The van der Waals surface area contributed by atoms with Gasteiger partial charge < -0.3 is 24.2 Å². The average Bonchev–Trinajstić information content (AvgIpc) is 3.37. The molecule has 0 amide bonds. The zero-order valence-electron chi connectivity index (χ0n) is 44.8. The van der Waals surface area contributed by atoms with Gasteiger partial charge in [0, 0.05) is 19.3 Å². The van der Waals surface area contributed by atoms with E-state index in [2.05, 4.69) is 136 Å². The van der Waals surface area contributed by atoms with Crippen molar-refractivity contribution in [2.75, 3.05) is 26.4 Å². The van der Waals surface area contributed by atoms with Crippen molar-refractivity contribution in [2.45, 2.75) is 213 Å². The van der Waals surface area contributed by atoms with Crippen molar-refractivity contribution >= 4 is 25.7 Å². The summed E-state index contributed by atoms with van der Waals surface area (Å²) in [4.78, 5) is 48.4. The average molecular weight is 1030 g/mol. The molecule has 72 heavy (non-hydrogen) atoms. The Kier molecular flexibility index (Phi) is 50.1. The second-order valence-electron chi connectivity index (χ2n) is 17.6. The summed E-state index contributed by atoms with van der Waals surface area (Å²) >= 11 is 0. The van der Waals surface area contributed by atoms with Gasteiger partial charge in [0.2, 0.25) is 0 Å². The van der Waals surface area contributed by atoms with Gasteiger partial charge in [-0.3, -0.25) is 23.4 Å². The maximum Gasteiger partial charge on any atom is 0.472 e. The number of unbranched alkanes of at least 4 members (excludes halogenated alkanes) is 12. The Morgan fingerprint density at radius 1 is 0.403 bits per heavy atom. The summed E-state index contributed by atoms with van der Waals surface area (Å²) < 4.78 is 39.3. The molecule has 2 N–H and O–H groups in total. The van der Waals surface area contributed by atoms with Crippen LogP contribution in [0.5, 0.6) is 0 Å². The van der Waals surface area contributed by atoms with Crippen LogP contribution in [0.4, 0.5) is 0 Å². The molecule has 3 atom stereocenters. The minimum Gasteiger partial charge on any atom is -0.462 e. The van der Waals surface area contributed by atoms with Crippen LogP contribution in [0.1, 0.15) is 201 Å². The molecule has 0 saturated carbocycles. The molecule has 0 aromatic carbocycles. The van der Waals surface area contributed by atoms with E-state index in [0.717, 1.165) is 122 Å². The first-order valence-electron chi connectivity index (χ1n) is 27.4. The first kappa shape index (κ1) is 67.9. The molecule has 12 heteroatoms. The van der Waals surface area contributed by atoms with Gasteiger partial charge in [0.05, 0.1) is 19.8 Å². The van der Waals surface area contributed by atoms with Crippen LogP contribution < -0.4 is 0 Å². The molecular weight excluding hydrogens is 928 g/mol. The fourth-order valence-corrected chi connectivity index (χ4v) is 7.50. The lowest BCUT2D eigenvalue weighted by Crippen LogP contribution is -2.30. The summed E-state index contributed by atoms with van der Waals surface area (Å²) in [5, 5.41) is 9.78. The van der Waals surface area contributed by atoms with Crippen LogP contribution in [0.25, 0.3) is 0 Å². The number of phosphoric ester groups is 1. The van der Waals surface area contributed by atoms with Gasteiger partial charge in [0.1, 0.15) is 12.7 Å². The monoisotopic (exact) mass is 1020 g/mol. The Morgan fingerprint density at radius 3 is 1.17 bits per heavy atom. The minimum atomic E-state index is -4.77. The standard InChI is InChI=1S/C60H97O11P/c1-4-7-10-13-16-19-22-24-26-28-30-32-35-37-40-43-46-49-58(62)67-53-57(71-60(64)51-48-45-42-39-36-33-31-29-27-25-23-20-17-14-11-8-5-2)55-69-72(65,66)68-54-56(52-61)70-59(63)50-47-44-41-38-34-21-18-15-12-9-6-3/h7-8,10-11,15-20,24-27,30-33,37,40,56-57,61H,4-6,9,12-14,21-23,28-29,34-36,38-39,41-55H2,1-3H3,(H,65,66)/b10-7-,11-8-,18-15-,19-16-,20-17-,26-24-,27-25-,32-30-,33-31-,40-37-. The molecule has 0 aliphatic rings. The van der Waals surface area contributed by atoms with Gasteiger partial charge >= 0.3 is 25.7 Å². The third-order valence-corrected chi connectivity index (χ3v) is 11.8. The molecule has 0 radical (unpaired) electrons. The van der Waals surface area contributed by atoms with E-state index in [1.54, 1.807) is 0 Å². The number of aliphatic hydroxyl groups is 1. The highest BCUT2D eigenvalue weighted by molar-refractivity contribution is 7.47. The highest BCUT2D eigenvalue weighted by Crippen LogP contribution is 2.43. The smallest absolute Gasteiger partial charge is 0.462 e. The number of carbonyl (C=O) groups excluding carboxylic acids is 3. The summed E-state index contributed by atoms with van der Waals surface area (Å²) in [5.41, 5.74) is 0. The van der Waals surface area contributed by atoms with Crippen molar-refractivity contribution in [3.05, 3.63) is 122 Å². The number of aliphatic hydroxyl groups excluding tert-OH is 1. The predicted octanol–water partition coefficient (Wildman–Crippen LogP) is 16.0. The zero-order chi connectivity index (χ0) is 52.7. The number of allylic oxidation sites excluding steroid dienone is 20. The zero-order valence-corrected chi connectivity index (χ0v) is 45.7. The van der Waals surface area contributed by atoms with Gasteiger partial charge in [-0.15, -0.1) is 0 Å². The number of hydrogen-bond donors (Lipinski definition) is 2. The number of rotatable bonds is 49. The molecule has 0 saturated heterocycles. The first-order valence-corrected chi connectivity index (χ1v) is 28.9. The Labute approximate surface area is 437 Å². The molecule has 0 aliphatic heterocycles. The van der Waals surface area contributed by atoms with Crippen LogP contribution in [-0.4, -0.2) is 66.5 Å². The van der Waals surface area contributed by atoms with E-state index in [1.165, 1.54) is 12.8 Å². The van der Waals surface area contributed by atoms with Crippen LogP contribution in [0, 0.1) is 0 Å². The van der Waals surface area contributed by atoms with Crippen molar-refractivity contribution in [1.29, 1.82) is 0 Å². The number of ether oxygens (including phenoxy) is 3. The number of esters is 3. The SMILES string of the molecule is CC/C=C\C/C=C\C/C=C\C/C=C\C/C=C\CCCC(=O)OCC(COP(=O)(O)OCC(CO)OC(=O)CCCCCCC/C=C\CCCC)OC(=O)CCCCCC/C=C\C/C=C\C/C=C\C/C=C\CC. The second kappa shape index (κ2) is 53.2. The van der Waals surface area contributed by atoms with Crippen molar-refractivity contribution in [1.82, 2.24) is 0 Å². The van der Waals surface area contributed by atoms with E-state index in [1.807, 2.05) is 6.08 Å². The molecule has 0 bridgehead atoms. The van der Waals surface area contributed by atoms with Crippen LogP contribution in [0.3, 0.4) is 0 Å². The van der Waals surface area contributed by atoms with Crippen LogP contribution in [0.15, 0.2) is 122 Å². The van der Waals surface area contributed by atoms with Gasteiger partial charge in [0.15, 0.2) is 6.10 Å². The summed E-state index contributed by atoms with van der Waals surface area (Å²) in [5.74, 6) is -1.59. The van der Waals surface area contributed by atoms with Gasteiger partial charge in [-0.25, -0.2) is 4.57 Å². The molecule has 0 aliphatic carbocycles. The molecule has 3 unspecified atom stereocenters. The van der Waals surface area contributed by atoms with Crippen LogP contribution >= 0.6 is 7.82 Å². The molecule has 0 fully saturated rings. The molecule has 0 aromatic heterocycles. The highest BCUT2D eigenvalue weighted by Gasteiger charge is 2.28. The lowest BCUT2D eigenvalue weighted by atomic mass is 10.1. The summed E-state index contributed by atoms with van der Waals surface area (Å²) in [6.45, 7) is 4.24. The maximum absolute atomic E-state index is 12.9. The van der Waals surface area contributed by atoms with E-state index in [-0.39, 0.29) is 25.9 Å². The Morgan fingerprint density at radius 2 is 0.736 bits per heavy atom. The molecule has 408 valence electrons. The van der Waals surface area contributed by atoms with Gasteiger partial charge in [-0.05, 0) is 116 Å². The third-order valence-electron chi connectivity index (χ3n) is 10.8. The molecule has 0 rings (SSSR count). The van der Waals surface area contributed by atoms with Crippen molar-refractivity contribution in [3.8, 4) is 0 Å². The highest BCUT2D eigenvalue weighted by atomic mass is 31.2. The fraction of sp³-hybridized carbons (Fsp3) is 0.617. The Bertz CT molecular complexity index is 1670. The van der Waals surface area contributed by atoms with E-state index in [9.17, 15) is 28.9 Å². The fourth-order valence-electron chi connectivity index (χ4n) is 6.71. The molecule has 11 nitrogen and oxygen atoms in total. The lowest BCUT2D eigenvalue weighted by Gasteiger charge is -2.21. The number of carbonyl (C=O) groups is 3. The number of phosphoric acid groups is 1. The third kappa shape index (κ3) is 50.8. The van der Waals surface area contributed by atoms with Crippen LogP contribution in [0.2, 0.25) is 0 Å². The van der Waals surface area contributed by atoms with Crippen molar-refractivity contribution in [3.63, 3.8) is 0 Å². The topological polar surface area (TPSA) is 155 Å². The van der Waals surface area contributed by atoms with E-state index in [4.69, 9.17) is 23.3 Å². The Hall–Kier alpha value is -4.12. The largest absolute Gasteiger partial charge is 0.472 e. The molecule has 0 aromatic rings. The van der Waals surface area contributed by atoms with Crippen molar-refractivity contribution in [2.24, 2.45) is 0 Å². The lowest BCUT2D eigenvalue weighted by molar-refractivity contribution is -0.161. The van der Waals surface area contributed by atoms with E-state index < -0.39 is 57.8 Å². The summed E-state index contributed by atoms with van der Waals surface area (Å²) in [6.07, 6.45) is 64.6. The minimum absolute atomic E-state index is 0.120. The molecule has 0 heterocycles. The number of hydrogen-bond acceptors (Lipinski definition) is 10. The molecule has 0 spiro atoms. The maximum atomic E-state index is 12.9. The van der Waals surface area contributed by atoms with Gasteiger partial charge in [-0.1, -0.05) is 187 Å². The quantitative estimate of drug-likeness (QED) is 0.0197. The van der Waals surface area contributed by atoms with E-state index in [0.29, 0.717) is 25.7 Å². The Balaban J connectivity index is 4.90. The normalized spacial score (nSPS) is 14.3.